The number of amides is 1. The number of hydrogen-bond donors (Lipinski definition) is 1. The summed E-state index contributed by atoms with van der Waals surface area (Å²) >= 11 is 1.66. The number of carbonyl (C=O) groups excluding carboxylic acids is 1. The number of likely N-dealkylation sites (tertiary alicyclic amines) is 1. The summed E-state index contributed by atoms with van der Waals surface area (Å²) in [5, 5.41) is 3.43. The number of nitrogens with one attached hydrogen (secondary N) is 1. The molecular formula is C22H37N5O2S. The van der Waals surface area contributed by atoms with Crippen molar-refractivity contribution in [3.05, 3.63) is 16.1 Å². The summed E-state index contributed by atoms with van der Waals surface area (Å²) < 4.78 is 5.72. The lowest BCUT2D eigenvalue weighted by atomic mass is 10.0. The molecule has 1 saturated carbocycles. The van der Waals surface area contributed by atoms with Gasteiger partial charge in [0.2, 0.25) is 0 Å². The van der Waals surface area contributed by atoms with Gasteiger partial charge in [-0.2, -0.15) is 0 Å². The predicted molar refractivity (Wildman–Crippen MR) is 122 cm³/mol. The maximum atomic E-state index is 12.9. The molecule has 0 radical (unpaired) electrons. The van der Waals surface area contributed by atoms with Crippen LogP contribution in [0.1, 0.15) is 63.9 Å². The van der Waals surface area contributed by atoms with Crippen LogP contribution < -0.4 is 5.32 Å². The molecule has 7 nitrogen and oxygen atoms in total. The Balaban J connectivity index is 1.61. The minimum absolute atomic E-state index is 0.158. The molecule has 1 aromatic heterocycles. The minimum atomic E-state index is -0.459. The molecule has 2 aliphatic rings. The molecule has 1 aliphatic heterocycles. The molecule has 0 unspecified atom stereocenters. The van der Waals surface area contributed by atoms with E-state index in [-0.39, 0.29) is 12.1 Å². The van der Waals surface area contributed by atoms with Gasteiger partial charge in [-0.15, -0.1) is 11.3 Å². The van der Waals surface area contributed by atoms with Gasteiger partial charge in [0, 0.05) is 37.1 Å². The van der Waals surface area contributed by atoms with Crippen LogP contribution in [0.2, 0.25) is 0 Å². The molecule has 0 bridgehead atoms. The van der Waals surface area contributed by atoms with E-state index in [1.54, 1.807) is 11.3 Å². The van der Waals surface area contributed by atoms with E-state index < -0.39 is 5.60 Å². The first kappa shape index (κ1) is 22.8. The van der Waals surface area contributed by atoms with Crippen molar-refractivity contribution in [3.63, 3.8) is 0 Å². The first-order chi connectivity index (χ1) is 14.3. The molecule has 2 fully saturated rings. The largest absolute Gasteiger partial charge is 0.444 e. The highest BCUT2D eigenvalue weighted by molar-refractivity contribution is 7.09. The molecule has 1 aliphatic carbocycles. The second-order valence-corrected chi connectivity index (χ2v) is 10.3. The molecule has 30 heavy (non-hydrogen) atoms. The molecule has 2 heterocycles. The zero-order chi connectivity index (χ0) is 21.7. The topological polar surface area (TPSA) is 70.1 Å². The number of ether oxygens (including phenoxy) is 1. The molecule has 0 aromatic carbocycles. The number of aromatic nitrogens is 1. The highest BCUT2D eigenvalue weighted by Gasteiger charge is 2.35. The summed E-state index contributed by atoms with van der Waals surface area (Å²) in [6.45, 7) is 14.1. The zero-order valence-corrected chi connectivity index (χ0v) is 19.9. The van der Waals surface area contributed by atoms with Gasteiger partial charge in [0.25, 0.3) is 0 Å². The first-order valence-corrected chi connectivity index (χ1v) is 12.1. The van der Waals surface area contributed by atoms with Crippen LogP contribution in [-0.2, 0) is 11.3 Å². The smallest absolute Gasteiger partial charge is 0.410 e. The number of guanidine groups is 1. The molecule has 8 heteroatoms. The van der Waals surface area contributed by atoms with Gasteiger partial charge < -0.3 is 19.9 Å². The monoisotopic (exact) mass is 435 g/mol. The van der Waals surface area contributed by atoms with Crippen molar-refractivity contribution < 1.29 is 9.53 Å². The van der Waals surface area contributed by atoms with E-state index in [9.17, 15) is 4.79 Å². The zero-order valence-electron chi connectivity index (χ0n) is 19.1. The predicted octanol–water partition coefficient (Wildman–Crippen LogP) is 4.03. The summed E-state index contributed by atoms with van der Waals surface area (Å²) in [5.41, 5.74) is 2.48. The van der Waals surface area contributed by atoms with Crippen LogP contribution in [0.4, 0.5) is 4.79 Å². The Labute approximate surface area is 184 Å². The first-order valence-electron chi connectivity index (χ1n) is 11.2. The normalized spacial score (nSPS) is 18.4. The second kappa shape index (κ2) is 9.98. The minimum Gasteiger partial charge on any atom is -0.444 e. The summed E-state index contributed by atoms with van der Waals surface area (Å²) in [6, 6.07) is 0.239. The number of nitrogens with zero attached hydrogens (tertiary/aromatic N) is 4. The Hall–Kier alpha value is -1.83. The Morgan fingerprint density at radius 3 is 2.57 bits per heavy atom. The van der Waals surface area contributed by atoms with E-state index in [0.29, 0.717) is 12.5 Å². The maximum absolute atomic E-state index is 12.9. The van der Waals surface area contributed by atoms with Gasteiger partial charge in [0.05, 0.1) is 17.7 Å². The SMILES string of the molecule is CCNC(=NCc1scnc1C)N1CCC(N(CC2CC2)C(=O)OC(C)(C)C)CC1. The van der Waals surface area contributed by atoms with E-state index in [0.717, 1.165) is 50.7 Å². The summed E-state index contributed by atoms with van der Waals surface area (Å²) in [6.07, 6.45) is 4.18. The van der Waals surface area contributed by atoms with Gasteiger partial charge >= 0.3 is 6.09 Å². The third-order valence-corrected chi connectivity index (χ3v) is 6.46. The average molecular weight is 436 g/mol. The highest BCUT2D eigenvalue weighted by Crippen LogP contribution is 2.32. The third kappa shape index (κ3) is 6.59. The van der Waals surface area contributed by atoms with E-state index in [1.165, 1.54) is 17.7 Å². The quantitative estimate of drug-likeness (QED) is 0.540. The Morgan fingerprint density at radius 1 is 1.33 bits per heavy atom. The van der Waals surface area contributed by atoms with Gasteiger partial charge in [0.15, 0.2) is 5.96 Å². The number of thiazole rings is 1. The molecule has 1 N–H and O–H groups in total. The van der Waals surface area contributed by atoms with E-state index in [2.05, 4.69) is 22.1 Å². The Kier molecular flexibility index (Phi) is 7.60. The number of carbonyl (C=O) groups is 1. The van der Waals surface area contributed by atoms with Crippen LogP contribution in [0.3, 0.4) is 0 Å². The van der Waals surface area contributed by atoms with Gasteiger partial charge in [-0.1, -0.05) is 0 Å². The summed E-state index contributed by atoms with van der Waals surface area (Å²) in [4.78, 5) is 27.6. The Morgan fingerprint density at radius 2 is 2.03 bits per heavy atom. The molecule has 1 amide bonds. The molecule has 3 rings (SSSR count). The van der Waals surface area contributed by atoms with Crippen molar-refractivity contribution in [2.75, 3.05) is 26.2 Å². The Bertz CT molecular complexity index is 730. The van der Waals surface area contributed by atoms with Crippen LogP contribution in [0.25, 0.3) is 0 Å². The maximum Gasteiger partial charge on any atom is 0.410 e. The number of aryl methyl sites for hydroxylation is 1. The standard InChI is InChI=1S/C22H37N5O2S/c1-6-23-20(24-13-19-16(2)25-15-30-19)26-11-9-18(10-12-26)27(14-17-7-8-17)21(28)29-22(3,4)5/h15,17-18H,6-14H2,1-5H3,(H,23,24). The van der Waals surface area contributed by atoms with Crippen LogP contribution in [0.15, 0.2) is 10.5 Å². The van der Waals surface area contributed by atoms with Crippen LogP contribution in [0, 0.1) is 12.8 Å². The molecule has 0 atom stereocenters. The number of hydrogen-bond acceptors (Lipinski definition) is 5. The molecule has 1 saturated heterocycles. The average Bonchev–Trinajstić information content (AvgIpc) is 3.42. The van der Waals surface area contributed by atoms with Crippen molar-refractivity contribution in [1.29, 1.82) is 0 Å². The lowest BCUT2D eigenvalue weighted by Gasteiger charge is -2.40. The fraction of sp³-hybridized carbons (Fsp3) is 0.773. The lowest BCUT2D eigenvalue weighted by Crippen LogP contribution is -2.52. The lowest BCUT2D eigenvalue weighted by molar-refractivity contribution is 0.00928. The molecule has 168 valence electrons. The second-order valence-electron chi connectivity index (χ2n) is 9.33. The van der Waals surface area contributed by atoms with Gasteiger partial charge in [-0.3, -0.25) is 0 Å². The van der Waals surface area contributed by atoms with E-state index in [4.69, 9.17) is 9.73 Å². The fourth-order valence-electron chi connectivity index (χ4n) is 3.71. The third-order valence-electron chi connectivity index (χ3n) is 5.54. The van der Waals surface area contributed by atoms with Crippen molar-refractivity contribution in [2.45, 2.75) is 78.5 Å². The highest BCUT2D eigenvalue weighted by atomic mass is 32.1. The van der Waals surface area contributed by atoms with Crippen LogP contribution in [-0.4, -0.2) is 64.7 Å². The van der Waals surface area contributed by atoms with Crippen LogP contribution in [0.5, 0.6) is 0 Å². The van der Waals surface area contributed by atoms with Gasteiger partial charge in [0.1, 0.15) is 5.60 Å². The van der Waals surface area contributed by atoms with Gasteiger partial charge in [-0.25, -0.2) is 14.8 Å². The van der Waals surface area contributed by atoms with Crippen molar-refractivity contribution in [2.24, 2.45) is 10.9 Å². The van der Waals surface area contributed by atoms with Crippen molar-refractivity contribution in [3.8, 4) is 0 Å². The van der Waals surface area contributed by atoms with Crippen molar-refractivity contribution in [1.82, 2.24) is 20.1 Å². The van der Waals surface area contributed by atoms with Crippen molar-refractivity contribution >= 4 is 23.4 Å². The fourth-order valence-corrected chi connectivity index (χ4v) is 4.41. The van der Waals surface area contributed by atoms with Gasteiger partial charge in [-0.05, 0) is 66.2 Å². The summed E-state index contributed by atoms with van der Waals surface area (Å²) in [7, 11) is 0. The van der Waals surface area contributed by atoms with E-state index in [1.807, 2.05) is 38.1 Å². The van der Waals surface area contributed by atoms with Crippen LogP contribution >= 0.6 is 11.3 Å². The van der Waals surface area contributed by atoms with E-state index >= 15 is 0 Å². The molecule has 1 aromatic rings. The molecular weight excluding hydrogens is 398 g/mol. The number of rotatable bonds is 6. The summed E-state index contributed by atoms with van der Waals surface area (Å²) in [5.74, 6) is 1.60. The molecule has 0 spiro atoms. The number of aliphatic imine (C=N–C) groups is 1. The number of piperidine rings is 1.